The number of para-hydroxylation sites is 2. The largest absolute Gasteiger partial charge is 0.366 e. The average Bonchev–Trinajstić information content (AvgIpc) is 2.96. The molecule has 2 amide bonds. The van der Waals surface area contributed by atoms with Crippen molar-refractivity contribution in [2.24, 2.45) is 5.73 Å². The van der Waals surface area contributed by atoms with E-state index in [-0.39, 0.29) is 11.5 Å². The number of nitrogens with one attached hydrogen (secondary N) is 1. The van der Waals surface area contributed by atoms with Crippen LogP contribution in [0.4, 0.5) is 5.69 Å². The molecular formula is C17H13N3O2S. The van der Waals surface area contributed by atoms with Crippen LogP contribution in [0.15, 0.2) is 54.6 Å². The Hall–Kier alpha value is -2.99. The summed E-state index contributed by atoms with van der Waals surface area (Å²) in [5.74, 6) is -0.936. The van der Waals surface area contributed by atoms with E-state index in [1.54, 1.807) is 30.3 Å². The van der Waals surface area contributed by atoms with Crippen molar-refractivity contribution in [2.45, 2.75) is 0 Å². The topological polar surface area (TPSA) is 85.1 Å². The van der Waals surface area contributed by atoms with E-state index in [9.17, 15) is 9.59 Å². The molecule has 3 N–H and O–H groups in total. The van der Waals surface area contributed by atoms with Gasteiger partial charge in [-0.2, -0.15) is 0 Å². The minimum Gasteiger partial charge on any atom is -0.366 e. The lowest BCUT2D eigenvalue weighted by molar-refractivity contribution is -0.111. The van der Waals surface area contributed by atoms with E-state index >= 15 is 0 Å². The number of hydrogen-bond acceptors (Lipinski definition) is 4. The van der Waals surface area contributed by atoms with E-state index < -0.39 is 5.91 Å². The second-order valence-corrected chi connectivity index (χ2v) is 5.81. The SMILES string of the molecule is NC(=O)c1ccccc1NC(=O)C=Cc1nc2ccccc2s1. The number of rotatable bonds is 4. The summed E-state index contributed by atoms with van der Waals surface area (Å²) < 4.78 is 1.06. The van der Waals surface area contributed by atoms with Crippen LogP contribution in [0.3, 0.4) is 0 Å². The van der Waals surface area contributed by atoms with E-state index in [1.165, 1.54) is 17.4 Å². The Morgan fingerprint density at radius 2 is 1.83 bits per heavy atom. The van der Waals surface area contributed by atoms with E-state index in [4.69, 9.17) is 5.73 Å². The van der Waals surface area contributed by atoms with Gasteiger partial charge in [0.25, 0.3) is 5.91 Å². The summed E-state index contributed by atoms with van der Waals surface area (Å²) in [5, 5.41) is 3.39. The van der Waals surface area contributed by atoms with E-state index in [0.29, 0.717) is 5.69 Å². The summed E-state index contributed by atoms with van der Waals surface area (Å²) in [5.41, 5.74) is 6.84. The predicted octanol–water partition coefficient (Wildman–Crippen LogP) is 3.05. The number of primary amides is 1. The van der Waals surface area contributed by atoms with Crippen molar-refractivity contribution in [3.8, 4) is 0 Å². The molecule has 23 heavy (non-hydrogen) atoms. The summed E-state index contributed by atoms with van der Waals surface area (Å²) in [6.45, 7) is 0. The zero-order chi connectivity index (χ0) is 16.2. The van der Waals surface area contributed by atoms with E-state index in [0.717, 1.165) is 15.2 Å². The predicted molar refractivity (Wildman–Crippen MR) is 92.2 cm³/mol. The van der Waals surface area contributed by atoms with Crippen LogP contribution in [0, 0.1) is 0 Å². The third kappa shape index (κ3) is 3.44. The van der Waals surface area contributed by atoms with Gasteiger partial charge >= 0.3 is 0 Å². The lowest BCUT2D eigenvalue weighted by atomic mass is 10.1. The molecule has 0 bridgehead atoms. The van der Waals surface area contributed by atoms with Gasteiger partial charge in [0, 0.05) is 6.08 Å². The molecule has 3 aromatic rings. The molecule has 0 aliphatic rings. The fraction of sp³-hybridized carbons (Fsp3) is 0. The molecule has 3 rings (SSSR count). The highest BCUT2D eigenvalue weighted by molar-refractivity contribution is 7.19. The first kappa shape index (κ1) is 14.9. The van der Waals surface area contributed by atoms with Gasteiger partial charge in [-0.05, 0) is 30.3 Å². The van der Waals surface area contributed by atoms with Crippen molar-refractivity contribution in [1.82, 2.24) is 4.98 Å². The fourth-order valence-corrected chi connectivity index (χ4v) is 2.96. The third-order valence-corrected chi connectivity index (χ3v) is 4.14. The molecule has 0 aliphatic carbocycles. The second kappa shape index (κ2) is 6.41. The van der Waals surface area contributed by atoms with Crippen LogP contribution in [0.25, 0.3) is 16.3 Å². The zero-order valence-electron chi connectivity index (χ0n) is 12.0. The molecule has 0 spiro atoms. The number of benzene rings is 2. The van der Waals surface area contributed by atoms with Crippen LogP contribution in [0.1, 0.15) is 15.4 Å². The maximum atomic E-state index is 12.0. The average molecular weight is 323 g/mol. The van der Waals surface area contributed by atoms with Gasteiger partial charge in [-0.1, -0.05) is 24.3 Å². The molecule has 114 valence electrons. The number of nitrogens with zero attached hydrogens (tertiary/aromatic N) is 1. The monoisotopic (exact) mass is 323 g/mol. The molecule has 0 unspecified atom stereocenters. The maximum Gasteiger partial charge on any atom is 0.250 e. The number of amides is 2. The molecule has 0 saturated heterocycles. The molecule has 2 aromatic carbocycles. The van der Waals surface area contributed by atoms with Gasteiger partial charge in [-0.3, -0.25) is 9.59 Å². The highest BCUT2D eigenvalue weighted by atomic mass is 32.1. The van der Waals surface area contributed by atoms with Crippen LogP contribution in [-0.4, -0.2) is 16.8 Å². The van der Waals surface area contributed by atoms with Gasteiger partial charge < -0.3 is 11.1 Å². The van der Waals surface area contributed by atoms with Crippen LogP contribution in [-0.2, 0) is 4.79 Å². The maximum absolute atomic E-state index is 12.0. The Labute approximate surface area is 136 Å². The Morgan fingerprint density at radius 3 is 2.61 bits per heavy atom. The van der Waals surface area contributed by atoms with Crippen molar-refractivity contribution < 1.29 is 9.59 Å². The summed E-state index contributed by atoms with van der Waals surface area (Å²) >= 11 is 1.50. The Morgan fingerprint density at radius 1 is 1.09 bits per heavy atom. The van der Waals surface area contributed by atoms with Crippen LogP contribution < -0.4 is 11.1 Å². The molecule has 0 aliphatic heterocycles. The van der Waals surface area contributed by atoms with Crippen LogP contribution in [0.2, 0.25) is 0 Å². The lowest BCUT2D eigenvalue weighted by Gasteiger charge is -2.06. The first-order chi connectivity index (χ1) is 11.1. The van der Waals surface area contributed by atoms with Crippen molar-refractivity contribution in [1.29, 1.82) is 0 Å². The van der Waals surface area contributed by atoms with E-state index in [2.05, 4.69) is 10.3 Å². The van der Waals surface area contributed by atoms with Crippen molar-refractivity contribution in [2.75, 3.05) is 5.32 Å². The summed E-state index contributed by atoms with van der Waals surface area (Å²) in [4.78, 5) is 27.7. The number of aromatic nitrogens is 1. The normalized spacial score (nSPS) is 11.0. The number of carbonyl (C=O) groups excluding carboxylic acids is 2. The smallest absolute Gasteiger partial charge is 0.250 e. The number of carbonyl (C=O) groups is 2. The highest BCUT2D eigenvalue weighted by Gasteiger charge is 2.08. The summed E-state index contributed by atoms with van der Waals surface area (Å²) in [6.07, 6.45) is 3.03. The van der Waals surface area contributed by atoms with Crippen LogP contribution >= 0.6 is 11.3 Å². The van der Waals surface area contributed by atoms with Crippen molar-refractivity contribution in [3.05, 3.63) is 65.2 Å². The minimum absolute atomic E-state index is 0.272. The third-order valence-electron chi connectivity index (χ3n) is 3.14. The highest BCUT2D eigenvalue weighted by Crippen LogP contribution is 2.22. The van der Waals surface area contributed by atoms with Gasteiger partial charge in [0.15, 0.2) is 0 Å². The Balaban J connectivity index is 1.75. The number of hydrogen-bond donors (Lipinski definition) is 2. The van der Waals surface area contributed by atoms with Crippen molar-refractivity contribution in [3.63, 3.8) is 0 Å². The van der Waals surface area contributed by atoms with E-state index in [1.807, 2.05) is 24.3 Å². The van der Waals surface area contributed by atoms with Gasteiger partial charge in [0.05, 0.1) is 21.5 Å². The van der Waals surface area contributed by atoms with Crippen LogP contribution in [0.5, 0.6) is 0 Å². The Bertz CT molecular complexity index is 882. The molecule has 0 radical (unpaired) electrons. The minimum atomic E-state index is -0.587. The summed E-state index contributed by atoms with van der Waals surface area (Å²) in [6, 6.07) is 14.4. The molecule has 1 aromatic heterocycles. The number of fused-ring (bicyclic) bond motifs is 1. The molecule has 1 heterocycles. The summed E-state index contributed by atoms with van der Waals surface area (Å²) in [7, 11) is 0. The number of thiazole rings is 1. The number of anilines is 1. The zero-order valence-corrected chi connectivity index (χ0v) is 12.8. The molecule has 0 saturated carbocycles. The second-order valence-electron chi connectivity index (χ2n) is 4.75. The molecule has 0 fully saturated rings. The fourth-order valence-electron chi connectivity index (χ4n) is 2.09. The molecule has 6 heteroatoms. The van der Waals surface area contributed by atoms with Gasteiger partial charge in [-0.15, -0.1) is 11.3 Å². The van der Waals surface area contributed by atoms with Gasteiger partial charge in [0.1, 0.15) is 5.01 Å². The van der Waals surface area contributed by atoms with Gasteiger partial charge in [0.2, 0.25) is 5.91 Å². The molecule has 5 nitrogen and oxygen atoms in total. The van der Waals surface area contributed by atoms with Gasteiger partial charge in [-0.25, -0.2) is 4.98 Å². The lowest BCUT2D eigenvalue weighted by Crippen LogP contribution is -2.16. The first-order valence-corrected chi connectivity index (χ1v) is 7.68. The Kier molecular flexibility index (Phi) is 4.16. The number of nitrogens with two attached hydrogens (primary N) is 1. The quantitative estimate of drug-likeness (QED) is 0.724. The van der Waals surface area contributed by atoms with Crippen molar-refractivity contribution >= 4 is 45.1 Å². The molecular weight excluding hydrogens is 310 g/mol. The molecule has 0 atom stereocenters. The first-order valence-electron chi connectivity index (χ1n) is 6.87. The standard InChI is InChI=1S/C17H13N3O2S/c18-17(22)11-5-1-2-6-12(11)19-15(21)9-10-16-20-13-7-3-4-8-14(13)23-16/h1-10H,(H2,18,22)(H,19,21).